The Hall–Kier alpha value is -1.24. The lowest BCUT2D eigenvalue weighted by molar-refractivity contribution is 0.544. The van der Waals surface area contributed by atoms with Gasteiger partial charge in [-0.25, -0.2) is 0 Å². The van der Waals surface area contributed by atoms with Gasteiger partial charge in [0.25, 0.3) is 0 Å². The average Bonchev–Trinajstić information content (AvgIpc) is 2.59. The molecule has 1 nitrogen and oxygen atoms in total. The molecule has 0 amide bonds. The van der Waals surface area contributed by atoms with E-state index in [0.29, 0.717) is 5.92 Å². The molecule has 2 rings (SSSR count). The fourth-order valence-corrected chi connectivity index (χ4v) is 2.10. The third-order valence-corrected chi connectivity index (χ3v) is 2.78. The van der Waals surface area contributed by atoms with Crippen molar-refractivity contribution in [2.75, 3.05) is 0 Å². The number of hydrogen-bond donors (Lipinski definition) is 0. The molecule has 0 unspecified atom stereocenters. The summed E-state index contributed by atoms with van der Waals surface area (Å²) >= 11 is 0. The van der Waals surface area contributed by atoms with Crippen molar-refractivity contribution in [3.63, 3.8) is 0 Å². The number of hydrogen-bond acceptors (Lipinski definition) is 1. The fraction of sp³-hybridized carbons (Fsp3) is 0.467. The summed E-state index contributed by atoms with van der Waals surface area (Å²) in [7, 11) is 0. The van der Waals surface area contributed by atoms with Crippen molar-refractivity contribution in [1.82, 2.24) is 0 Å². The third kappa shape index (κ3) is 2.46. The van der Waals surface area contributed by atoms with Crippen LogP contribution < -0.4 is 0 Å². The molecule has 1 heteroatoms. The predicted octanol–water partition coefficient (Wildman–Crippen LogP) is 4.58. The Morgan fingerprint density at radius 2 is 2.00 bits per heavy atom. The van der Waals surface area contributed by atoms with Crippen LogP contribution in [0.4, 0.5) is 0 Å². The molecular weight excluding hydrogens is 196 g/mol. The molecule has 2 aromatic rings. The van der Waals surface area contributed by atoms with Crippen molar-refractivity contribution in [2.45, 2.75) is 40.0 Å². The molecule has 0 atom stereocenters. The summed E-state index contributed by atoms with van der Waals surface area (Å²) in [5.41, 5.74) is 2.42. The monoisotopic (exact) mass is 216 g/mol. The van der Waals surface area contributed by atoms with Gasteiger partial charge in [0, 0.05) is 11.8 Å². The maximum Gasteiger partial charge on any atom is 0.134 e. The normalized spacial score (nSPS) is 11.5. The smallest absolute Gasteiger partial charge is 0.134 e. The van der Waals surface area contributed by atoms with Gasteiger partial charge in [-0.1, -0.05) is 32.9 Å². The van der Waals surface area contributed by atoms with Crippen LogP contribution >= 0.6 is 0 Å². The molecule has 0 aliphatic rings. The first kappa shape index (κ1) is 11.3. The molecule has 1 aromatic carbocycles. The molecule has 0 fully saturated rings. The van der Waals surface area contributed by atoms with Crippen molar-refractivity contribution in [2.24, 2.45) is 5.92 Å². The largest absolute Gasteiger partial charge is 0.461 e. The van der Waals surface area contributed by atoms with E-state index in [9.17, 15) is 0 Å². The van der Waals surface area contributed by atoms with E-state index >= 15 is 0 Å². The zero-order chi connectivity index (χ0) is 11.5. The number of furan rings is 1. The first-order valence-corrected chi connectivity index (χ1v) is 6.20. The molecule has 0 radical (unpaired) electrons. The highest BCUT2D eigenvalue weighted by atomic mass is 16.3. The zero-order valence-corrected chi connectivity index (χ0v) is 10.4. The van der Waals surface area contributed by atoms with E-state index in [2.05, 4.69) is 45.0 Å². The molecule has 0 aliphatic heterocycles. The van der Waals surface area contributed by atoms with Crippen LogP contribution in [0.3, 0.4) is 0 Å². The summed E-state index contributed by atoms with van der Waals surface area (Å²) < 4.78 is 5.83. The van der Waals surface area contributed by atoms with E-state index in [4.69, 9.17) is 4.42 Å². The quantitative estimate of drug-likeness (QED) is 0.729. The maximum absolute atomic E-state index is 5.83. The van der Waals surface area contributed by atoms with Gasteiger partial charge in [0.05, 0.1) is 0 Å². The van der Waals surface area contributed by atoms with E-state index in [1.807, 2.05) is 0 Å². The summed E-state index contributed by atoms with van der Waals surface area (Å²) in [6, 6.07) is 8.75. The van der Waals surface area contributed by atoms with Gasteiger partial charge in [-0.3, -0.25) is 0 Å². The predicted molar refractivity (Wildman–Crippen MR) is 68.8 cm³/mol. The van der Waals surface area contributed by atoms with E-state index < -0.39 is 0 Å². The van der Waals surface area contributed by atoms with E-state index in [1.165, 1.54) is 10.9 Å². The van der Waals surface area contributed by atoms with Crippen molar-refractivity contribution in [3.05, 3.63) is 35.6 Å². The Bertz CT molecular complexity index is 465. The minimum Gasteiger partial charge on any atom is -0.461 e. The third-order valence-electron chi connectivity index (χ3n) is 2.78. The second kappa shape index (κ2) is 4.73. The highest BCUT2D eigenvalue weighted by Crippen LogP contribution is 2.22. The fourth-order valence-electron chi connectivity index (χ4n) is 2.10. The molecule has 0 bridgehead atoms. The molecule has 86 valence electrons. The highest BCUT2D eigenvalue weighted by molar-refractivity contribution is 5.78. The first-order chi connectivity index (χ1) is 7.69. The van der Waals surface area contributed by atoms with Crippen LogP contribution in [0.5, 0.6) is 0 Å². The van der Waals surface area contributed by atoms with Crippen LogP contribution in [-0.4, -0.2) is 0 Å². The summed E-state index contributed by atoms with van der Waals surface area (Å²) in [6.07, 6.45) is 3.30. The Labute approximate surface area is 97.5 Å². The number of rotatable bonds is 4. The molecule has 1 heterocycles. The van der Waals surface area contributed by atoms with Crippen LogP contribution in [0.25, 0.3) is 11.0 Å². The van der Waals surface area contributed by atoms with Gasteiger partial charge < -0.3 is 4.42 Å². The SMILES string of the molecule is CCCc1cc2ccc(CC(C)C)cc2o1. The van der Waals surface area contributed by atoms with Crippen molar-refractivity contribution >= 4 is 11.0 Å². The van der Waals surface area contributed by atoms with Crippen LogP contribution in [-0.2, 0) is 12.8 Å². The van der Waals surface area contributed by atoms with Crippen molar-refractivity contribution < 1.29 is 4.42 Å². The van der Waals surface area contributed by atoms with Crippen LogP contribution in [0.1, 0.15) is 38.5 Å². The summed E-state index contributed by atoms with van der Waals surface area (Å²) in [5.74, 6) is 1.81. The van der Waals surface area contributed by atoms with Gasteiger partial charge in [0.1, 0.15) is 11.3 Å². The molecule has 0 saturated carbocycles. The van der Waals surface area contributed by atoms with Crippen molar-refractivity contribution in [1.29, 1.82) is 0 Å². The van der Waals surface area contributed by atoms with Gasteiger partial charge in [0.2, 0.25) is 0 Å². The van der Waals surface area contributed by atoms with E-state index in [0.717, 1.165) is 30.6 Å². The molecule has 0 spiro atoms. The topological polar surface area (TPSA) is 13.1 Å². The lowest BCUT2D eigenvalue weighted by Crippen LogP contribution is -1.92. The Kier molecular flexibility index (Phi) is 3.33. The summed E-state index contributed by atoms with van der Waals surface area (Å²) in [4.78, 5) is 0. The van der Waals surface area contributed by atoms with E-state index in [1.54, 1.807) is 0 Å². The molecule has 0 aliphatic carbocycles. The molecular formula is C15H20O. The lowest BCUT2D eigenvalue weighted by Gasteiger charge is -2.03. The zero-order valence-electron chi connectivity index (χ0n) is 10.4. The lowest BCUT2D eigenvalue weighted by atomic mass is 10.0. The van der Waals surface area contributed by atoms with Gasteiger partial charge in [-0.2, -0.15) is 0 Å². The van der Waals surface area contributed by atoms with Crippen molar-refractivity contribution in [3.8, 4) is 0 Å². The van der Waals surface area contributed by atoms with Crippen LogP contribution in [0.2, 0.25) is 0 Å². The summed E-state index contributed by atoms with van der Waals surface area (Å²) in [6.45, 7) is 6.67. The highest BCUT2D eigenvalue weighted by Gasteiger charge is 2.05. The van der Waals surface area contributed by atoms with E-state index in [-0.39, 0.29) is 0 Å². The Balaban J connectivity index is 2.30. The van der Waals surface area contributed by atoms with Gasteiger partial charge in [0.15, 0.2) is 0 Å². The average molecular weight is 216 g/mol. The maximum atomic E-state index is 5.83. The molecule has 0 saturated heterocycles. The number of fused-ring (bicyclic) bond motifs is 1. The number of benzene rings is 1. The second-order valence-corrected chi connectivity index (χ2v) is 4.93. The molecule has 1 aromatic heterocycles. The summed E-state index contributed by atoms with van der Waals surface area (Å²) in [5, 5.41) is 1.23. The van der Waals surface area contributed by atoms with Gasteiger partial charge in [-0.05, 0) is 36.5 Å². The molecule has 16 heavy (non-hydrogen) atoms. The Morgan fingerprint density at radius 3 is 2.69 bits per heavy atom. The van der Waals surface area contributed by atoms with Gasteiger partial charge >= 0.3 is 0 Å². The first-order valence-electron chi connectivity index (χ1n) is 6.20. The minimum atomic E-state index is 0.697. The standard InChI is InChI=1S/C15H20O/c1-4-5-14-10-13-7-6-12(8-11(2)3)9-15(13)16-14/h6-7,9-11H,4-5,8H2,1-3H3. The van der Waals surface area contributed by atoms with Crippen LogP contribution in [0, 0.1) is 5.92 Å². The minimum absolute atomic E-state index is 0.697. The Morgan fingerprint density at radius 1 is 1.19 bits per heavy atom. The number of aryl methyl sites for hydroxylation is 1. The molecule has 0 N–H and O–H groups in total. The van der Waals surface area contributed by atoms with Gasteiger partial charge in [-0.15, -0.1) is 0 Å². The second-order valence-electron chi connectivity index (χ2n) is 4.93. The van der Waals surface area contributed by atoms with Crippen LogP contribution in [0.15, 0.2) is 28.7 Å².